The zero-order chi connectivity index (χ0) is 13.8. The van der Waals surface area contributed by atoms with Gasteiger partial charge in [-0.25, -0.2) is 13.2 Å². The Bertz CT molecular complexity index is 473. The maximum absolute atomic E-state index is 13.3. The van der Waals surface area contributed by atoms with Crippen molar-refractivity contribution in [1.29, 1.82) is 0 Å². The Morgan fingerprint density at radius 2 is 1.68 bits per heavy atom. The topological polar surface area (TPSA) is 32.3 Å². The second-order valence-electron chi connectivity index (χ2n) is 4.54. The molecule has 1 aromatic rings. The van der Waals surface area contributed by atoms with Crippen molar-refractivity contribution in [2.75, 3.05) is 25.0 Å². The summed E-state index contributed by atoms with van der Waals surface area (Å²) in [4.78, 5) is 13.5. The van der Waals surface area contributed by atoms with Gasteiger partial charge in [0.2, 0.25) is 5.91 Å². The van der Waals surface area contributed by atoms with Crippen LogP contribution in [-0.2, 0) is 4.79 Å². The summed E-state index contributed by atoms with van der Waals surface area (Å²) in [6.07, 6.45) is 3.03. The van der Waals surface area contributed by atoms with Crippen molar-refractivity contribution < 1.29 is 18.0 Å². The molecule has 0 aliphatic carbocycles. The van der Waals surface area contributed by atoms with Crippen LogP contribution in [0.2, 0.25) is 0 Å². The number of hydrogen-bond acceptors (Lipinski definition) is 2. The van der Waals surface area contributed by atoms with Crippen LogP contribution in [-0.4, -0.2) is 30.4 Å². The van der Waals surface area contributed by atoms with Crippen molar-refractivity contribution >= 4 is 11.6 Å². The molecule has 0 aromatic heterocycles. The predicted molar refractivity (Wildman–Crippen MR) is 65.2 cm³/mol. The van der Waals surface area contributed by atoms with Gasteiger partial charge >= 0.3 is 0 Å². The van der Waals surface area contributed by atoms with Crippen LogP contribution in [0.15, 0.2) is 12.1 Å². The summed E-state index contributed by atoms with van der Waals surface area (Å²) in [6.45, 7) is 1.27. The Morgan fingerprint density at radius 3 is 2.37 bits per heavy atom. The first-order chi connectivity index (χ1) is 9.08. The van der Waals surface area contributed by atoms with E-state index in [2.05, 4.69) is 5.32 Å². The molecule has 104 valence electrons. The van der Waals surface area contributed by atoms with Crippen LogP contribution in [0.5, 0.6) is 0 Å². The minimum Gasteiger partial charge on any atom is -0.374 e. The highest BCUT2D eigenvalue weighted by Crippen LogP contribution is 2.18. The number of halogens is 3. The summed E-state index contributed by atoms with van der Waals surface area (Å²) in [5.41, 5.74) is -0.204. The van der Waals surface area contributed by atoms with Crippen molar-refractivity contribution in [1.82, 2.24) is 4.90 Å². The van der Waals surface area contributed by atoms with Crippen molar-refractivity contribution in [2.45, 2.75) is 19.3 Å². The summed E-state index contributed by atoms with van der Waals surface area (Å²) < 4.78 is 39.0. The molecule has 0 radical (unpaired) electrons. The maximum atomic E-state index is 13.3. The second-order valence-corrected chi connectivity index (χ2v) is 4.54. The van der Waals surface area contributed by atoms with Gasteiger partial charge in [0.05, 0.1) is 12.2 Å². The largest absolute Gasteiger partial charge is 0.374 e. The third-order valence-electron chi connectivity index (χ3n) is 3.15. The number of piperidine rings is 1. The Morgan fingerprint density at radius 1 is 1.05 bits per heavy atom. The molecule has 0 atom stereocenters. The first-order valence-corrected chi connectivity index (χ1v) is 6.24. The molecule has 0 bridgehead atoms. The highest BCUT2D eigenvalue weighted by molar-refractivity contribution is 5.81. The van der Waals surface area contributed by atoms with Crippen LogP contribution in [0.1, 0.15) is 19.3 Å². The molecule has 2 rings (SSSR count). The van der Waals surface area contributed by atoms with Gasteiger partial charge in [0.25, 0.3) is 0 Å². The fraction of sp³-hybridized carbons (Fsp3) is 0.462. The molecule has 0 saturated carbocycles. The Labute approximate surface area is 109 Å². The van der Waals surface area contributed by atoms with E-state index in [4.69, 9.17) is 0 Å². The normalized spacial score (nSPS) is 15.4. The molecule has 1 fully saturated rings. The van der Waals surface area contributed by atoms with Crippen LogP contribution >= 0.6 is 0 Å². The third kappa shape index (κ3) is 3.39. The van der Waals surface area contributed by atoms with Gasteiger partial charge in [-0.2, -0.15) is 0 Å². The summed E-state index contributed by atoms with van der Waals surface area (Å²) in [5, 5.41) is 2.51. The van der Waals surface area contributed by atoms with Crippen molar-refractivity contribution in [3.63, 3.8) is 0 Å². The molecule has 1 amide bonds. The lowest BCUT2D eigenvalue weighted by molar-refractivity contribution is -0.130. The highest BCUT2D eigenvalue weighted by Gasteiger charge is 2.17. The zero-order valence-corrected chi connectivity index (χ0v) is 10.4. The number of carbonyl (C=O) groups excluding carboxylic acids is 1. The second kappa shape index (κ2) is 5.95. The van der Waals surface area contributed by atoms with E-state index in [1.165, 1.54) is 0 Å². The minimum atomic E-state index is -1.24. The molecule has 3 nitrogen and oxygen atoms in total. The fourth-order valence-corrected chi connectivity index (χ4v) is 2.08. The van der Waals surface area contributed by atoms with E-state index in [9.17, 15) is 18.0 Å². The lowest BCUT2D eigenvalue weighted by Gasteiger charge is -2.26. The monoisotopic (exact) mass is 272 g/mol. The Hall–Kier alpha value is -1.72. The SMILES string of the molecule is O=C(CNc1cc(F)c(F)cc1F)N1CCCCC1. The van der Waals surface area contributed by atoms with E-state index in [0.29, 0.717) is 25.2 Å². The zero-order valence-electron chi connectivity index (χ0n) is 10.4. The molecule has 6 heteroatoms. The Balaban J connectivity index is 1.94. The average Bonchev–Trinajstić information content (AvgIpc) is 2.42. The number of nitrogens with one attached hydrogen (secondary N) is 1. The number of nitrogens with zero attached hydrogens (tertiary/aromatic N) is 1. The standard InChI is InChI=1S/C13H15F3N2O/c14-9-6-11(16)12(7-10(9)15)17-8-13(19)18-4-2-1-3-5-18/h6-7,17H,1-5,8H2. The number of likely N-dealkylation sites (tertiary alicyclic amines) is 1. The molecule has 1 heterocycles. The lowest BCUT2D eigenvalue weighted by atomic mass is 10.1. The minimum absolute atomic E-state index is 0.123. The molecule has 1 saturated heterocycles. The Kier molecular flexibility index (Phi) is 4.29. The van der Waals surface area contributed by atoms with Crippen LogP contribution in [0, 0.1) is 17.5 Å². The number of benzene rings is 1. The van der Waals surface area contributed by atoms with E-state index in [1.807, 2.05) is 0 Å². The molecular formula is C13H15F3N2O. The van der Waals surface area contributed by atoms with E-state index in [1.54, 1.807) is 4.90 Å². The first-order valence-electron chi connectivity index (χ1n) is 6.24. The molecule has 0 spiro atoms. The van der Waals surface area contributed by atoms with Crippen LogP contribution in [0.4, 0.5) is 18.9 Å². The van der Waals surface area contributed by atoms with Gasteiger partial charge < -0.3 is 10.2 Å². The molecule has 1 aromatic carbocycles. The highest BCUT2D eigenvalue weighted by atomic mass is 19.2. The number of amides is 1. The van der Waals surface area contributed by atoms with E-state index in [-0.39, 0.29) is 18.1 Å². The lowest BCUT2D eigenvalue weighted by Crippen LogP contribution is -2.39. The van der Waals surface area contributed by atoms with Gasteiger partial charge in [0.1, 0.15) is 5.82 Å². The average molecular weight is 272 g/mol. The van der Waals surface area contributed by atoms with Gasteiger partial charge in [-0.15, -0.1) is 0 Å². The molecule has 19 heavy (non-hydrogen) atoms. The quantitative estimate of drug-likeness (QED) is 0.858. The molecule has 1 aliphatic rings. The first kappa shape index (κ1) is 13.7. The van der Waals surface area contributed by atoms with Crippen LogP contribution in [0.3, 0.4) is 0 Å². The number of hydrogen-bond donors (Lipinski definition) is 1. The molecule has 1 aliphatic heterocycles. The number of carbonyl (C=O) groups is 1. The fourth-order valence-electron chi connectivity index (χ4n) is 2.08. The number of anilines is 1. The summed E-state index contributed by atoms with van der Waals surface area (Å²) in [5.74, 6) is -3.46. The molecular weight excluding hydrogens is 257 g/mol. The predicted octanol–water partition coefficient (Wildman–Crippen LogP) is 2.53. The van der Waals surface area contributed by atoms with Gasteiger partial charge in [-0.05, 0) is 19.3 Å². The van der Waals surface area contributed by atoms with Gasteiger partial charge in [0.15, 0.2) is 11.6 Å². The van der Waals surface area contributed by atoms with E-state index < -0.39 is 17.5 Å². The maximum Gasteiger partial charge on any atom is 0.241 e. The summed E-state index contributed by atoms with van der Waals surface area (Å²) in [7, 11) is 0. The third-order valence-corrected chi connectivity index (χ3v) is 3.15. The molecule has 0 unspecified atom stereocenters. The van der Waals surface area contributed by atoms with Crippen LogP contribution < -0.4 is 5.32 Å². The van der Waals surface area contributed by atoms with Crippen LogP contribution in [0.25, 0.3) is 0 Å². The van der Waals surface area contributed by atoms with E-state index in [0.717, 1.165) is 19.3 Å². The van der Waals surface area contributed by atoms with Crippen molar-refractivity contribution in [3.05, 3.63) is 29.6 Å². The van der Waals surface area contributed by atoms with E-state index >= 15 is 0 Å². The van der Waals surface area contributed by atoms with Gasteiger partial charge in [-0.1, -0.05) is 0 Å². The smallest absolute Gasteiger partial charge is 0.241 e. The van der Waals surface area contributed by atoms with Gasteiger partial charge in [0, 0.05) is 25.2 Å². The summed E-state index contributed by atoms with van der Waals surface area (Å²) >= 11 is 0. The van der Waals surface area contributed by atoms with Gasteiger partial charge in [-0.3, -0.25) is 4.79 Å². The number of rotatable bonds is 3. The molecule has 1 N–H and O–H groups in total. The van der Waals surface area contributed by atoms with Crippen molar-refractivity contribution in [3.8, 4) is 0 Å². The summed E-state index contributed by atoms with van der Waals surface area (Å²) in [6, 6.07) is 1.18. The van der Waals surface area contributed by atoms with Crippen molar-refractivity contribution in [2.24, 2.45) is 0 Å².